The number of amides is 1. The zero-order chi connectivity index (χ0) is 17.0. The van der Waals surface area contributed by atoms with Crippen LogP contribution in [0.25, 0.3) is 0 Å². The second-order valence-electron chi connectivity index (χ2n) is 5.43. The maximum Gasteiger partial charge on any atom is 0.278 e. The highest BCUT2D eigenvalue weighted by atomic mass is 16.7. The van der Waals surface area contributed by atoms with Crippen LogP contribution in [0.1, 0.15) is 35.6 Å². The smallest absolute Gasteiger partial charge is 0.278 e. The predicted molar refractivity (Wildman–Crippen MR) is 86.6 cm³/mol. The maximum absolute atomic E-state index is 12.0. The van der Waals surface area contributed by atoms with Gasteiger partial charge in [-0.25, -0.2) is 15.4 Å². The van der Waals surface area contributed by atoms with Crippen molar-refractivity contribution in [2.45, 2.75) is 33.8 Å². The summed E-state index contributed by atoms with van der Waals surface area (Å²) >= 11 is 0. The van der Waals surface area contributed by atoms with Gasteiger partial charge < -0.3 is 10.4 Å². The van der Waals surface area contributed by atoms with Crippen LogP contribution in [0.2, 0.25) is 0 Å². The average molecular weight is 316 g/mol. The van der Waals surface area contributed by atoms with Crippen molar-refractivity contribution in [1.82, 2.24) is 15.4 Å². The lowest BCUT2D eigenvalue weighted by atomic mass is 10.1. The Hall–Kier alpha value is -2.67. The van der Waals surface area contributed by atoms with Crippen molar-refractivity contribution in [3.63, 3.8) is 0 Å². The Morgan fingerprint density at radius 3 is 2.43 bits per heavy atom. The Morgan fingerprint density at radius 2 is 1.83 bits per heavy atom. The molecule has 122 valence electrons. The van der Waals surface area contributed by atoms with Gasteiger partial charge in [-0.3, -0.25) is 9.63 Å². The summed E-state index contributed by atoms with van der Waals surface area (Å²) in [5.74, 6) is -0.235. The van der Waals surface area contributed by atoms with Crippen molar-refractivity contribution >= 4 is 17.5 Å². The monoisotopic (exact) mass is 316 g/mol. The fourth-order valence-corrected chi connectivity index (χ4v) is 1.93. The van der Waals surface area contributed by atoms with Gasteiger partial charge in [-0.05, 0) is 52.0 Å². The molecule has 1 amide bonds. The number of anilines is 2. The maximum atomic E-state index is 12.0. The molecule has 0 spiro atoms. The van der Waals surface area contributed by atoms with Crippen molar-refractivity contribution in [3.05, 3.63) is 41.2 Å². The van der Waals surface area contributed by atoms with E-state index in [-0.39, 0.29) is 17.4 Å². The normalized spacial score (nSPS) is 10.7. The van der Waals surface area contributed by atoms with E-state index >= 15 is 0 Å². The van der Waals surface area contributed by atoms with E-state index in [0.717, 1.165) is 11.4 Å². The molecule has 7 nitrogen and oxygen atoms in total. The number of carbonyl (C=O) groups is 1. The highest BCUT2D eigenvalue weighted by Crippen LogP contribution is 2.23. The number of aryl methyl sites for hydroxylation is 2. The van der Waals surface area contributed by atoms with E-state index in [1.807, 2.05) is 19.9 Å². The van der Waals surface area contributed by atoms with Gasteiger partial charge >= 0.3 is 0 Å². The van der Waals surface area contributed by atoms with Crippen molar-refractivity contribution in [2.75, 3.05) is 5.32 Å². The number of hydrogen-bond acceptors (Lipinski definition) is 6. The number of aromatic hydroxyl groups is 1. The first-order valence-electron chi connectivity index (χ1n) is 7.23. The lowest BCUT2D eigenvalue weighted by molar-refractivity contribution is 0.0000394. The van der Waals surface area contributed by atoms with Gasteiger partial charge in [-0.15, -0.1) is 0 Å². The van der Waals surface area contributed by atoms with Crippen LogP contribution in [0.5, 0.6) is 5.75 Å². The summed E-state index contributed by atoms with van der Waals surface area (Å²) in [5.41, 5.74) is 4.64. The molecule has 2 aromatic rings. The molecule has 1 heterocycles. The fraction of sp³-hybridized carbons (Fsp3) is 0.312. The van der Waals surface area contributed by atoms with Crippen LogP contribution in [0.15, 0.2) is 24.3 Å². The van der Waals surface area contributed by atoms with Gasteiger partial charge in [0.25, 0.3) is 5.91 Å². The lowest BCUT2D eigenvalue weighted by Crippen LogP contribution is -2.27. The van der Waals surface area contributed by atoms with Crippen LogP contribution in [-0.4, -0.2) is 27.1 Å². The van der Waals surface area contributed by atoms with Gasteiger partial charge in [0.2, 0.25) is 5.95 Å². The quantitative estimate of drug-likeness (QED) is 0.579. The minimum Gasteiger partial charge on any atom is -0.507 e. The number of aromatic nitrogens is 2. The molecular weight excluding hydrogens is 296 g/mol. The van der Waals surface area contributed by atoms with E-state index in [2.05, 4.69) is 20.8 Å². The van der Waals surface area contributed by atoms with E-state index in [1.165, 1.54) is 12.1 Å². The third-order valence-corrected chi connectivity index (χ3v) is 2.87. The van der Waals surface area contributed by atoms with Crippen LogP contribution in [-0.2, 0) is 4.84 Å². The number of hydrogen-bond donors (Lipinski definition) is 3. The molecule has 0 aliphatic carbocycles. The Morgan fingerprint density at radius 1 is 1.17 bits per heavy atom. The summed E-state index contributed by atoms with van der Waals surface area (Å²) in [5, 5.41) is 12.9. The van der Waals surface area contributed by atoms with Crippen LogP contribution >= 0.6 is 0 Å². The average Bonchev–Trinajstić information content (AvgIpc) is 2.45. The molecule has 23 heavy (non-hydrogen) atoms. The first kappa shape index (κ1) is 16.7. The zero-order valence-corrected chi connectivity index (χ0v) is 13.5. The first-order valence-corrected chi connectivity index (χ1v) is 7.23. The van der Waals surface area contributed by atoms with Crippen LogP contribution in [0.3, 0.4) is 0 Å². The number of phenolic OH excluding ortho intramolecular Hbond substituents is 1. The van der Waals surface area contributed by atoms with Gasteiger partial charge in [-0.1, -0.05) is 0 Å². The van der Waals surface area contributed by atoms with E-state index in [1.54, 1.807) is 19.9 Å². The van der Waals surface area contributed by atoms with Gasteiger partial charge in [0, 0.05) is 17.1 Å². The molecule has 7 heteroatoms. The van der Waals surface area contributed by atoms with E-state index in [4.69, 9.17) is 4.84 Å². The molecule has 0 aliphatic heterocycles. The summed E-state index contributed by atoms with van der Waals surface area (Å²) in [4.78, 5) is 25.6. The van der Waals surface area contributed by atoms with Crippen molar-refractivity contribution in [1.29, 1.82) is 0 Å². The molecule has 0 saturated carbocycles. The van der Waals surface area contributed by atoms with Crippen LogP contribution in [0, 0.1) is 13.8 Å². The number of nitrogens with zero attached hydrogens (tertiary/aromatic N) is 2. The summed E-state index contributed by atoms with van der Waals surface area (Å²) in [7, 11) is 0. The topological polar surface area (TPSA) is 96.4 Å². The SMILES string of the molecule is Cc1cc(C)nc(Nc2ccc(O)c(C(=O)NOC(C)C)c2)n1. The largest absolute Gasteiger partial charge is 0.507 e. The second-order valence-corrected chi connectivity index (χ2v) is 5.43. The highest BCUT2D eigenvalue weighted by Gasteiger charge is 2.13. The number of rotatable bonds is 5. The van der Waals surface area contributed by atoms with E-state index in [0.29, 0.717) is 11.6 Å². The molecule has 0 radical (unpaired) electrons. The molecule has 2 rings (SSSR count). The van der Waals surface area contributed by atoms with E-state index < -0.39 is 5.91 Å². The Bertz CT molecular complexity index is 696. The van der Waals surface area contributed by atoms with Gasteiger partial charge in [0.1, 0.15) is 5.75 Å². The minimum atomic E-state index is -0.527. The lowest BCUT2D eigenvalue weighted by Gasteiger charge is -2.11. The number of phenols is 1. The fourth-order valence-electron chi connectivity index (χ4n) is 1.93. The highest BCUT2D eigenvalue weighted by molar-refractivity contribution is 5.97. The molecule has 0 unspecified atom stereocenters. The zero-order valence-electron chi connectivity index (χ0n) is 13.5. The molecule has 0 atom stereocenters. The third-order valence-electron chi connectivity index (χ3n) is 2.87. The molecule has 0 bridgehead atoms. The minimum absolute atomic E-state index is 0.0972. The number of hydroxylamine groups is 1. The molecule has 0 aliphatic rings. The van der Waals surface area contributed by atoms with Crippen LogP contribution in [0.4, 0.5) is 11.6 Å². The van der Waals surface area contributed by atoms with Crippen molar-refractivity contribution in [2.24, 2.45) is 0 Å². The van der Waals surface area contributed by atoms with Crippen molar-refractivity contribution < 1.29 is 14.7 Å². The van der Waals surface area contributed by atoms with Gasteiger partial charge in [-0.2, -0.15) is 0 Å². The molecule has 0 saturated heterocycles. The first-order chi connectivity index (χ1) is 10.8. The van der Waals surface area contributed by atoms with Gasteiger partial charge in [0.15, 0.2) is 0 Å². The Balaban J connectivity index is 2.21. The summed E-state index contributed by atoms with van der Waals surface area (Å²) in [6, 6.07) is 6.44. The van der Waals surface area contributed by atoms with E-state index in [9.17, 15) is 9.90 Å². The molecular formula is C16H20N4O3. The molecule has 0 fully saturated rings. The summed E-state index contributed by atoms with van der Waals surface area (Å²) in [6.07, 6.45) is -0.161. The number of carbonyl (C=O) groups excluding carboxylic acids is 1. The Kier molecular flexibility index (Phi) is 5.13. The molecule has 3 N–H and O–H groups in total. The summed E-state index contributed by atoms with van der Waals surface area (Å²) in [6.45, 7) is 7.32. The summed E-state index contributed by atoms with van der Waals surface area (Å²) < 4.78 is 0. The number of nitrogens with one attached hydrogen (secondary N) is 2. The predicted octanol–water partition coefficient (Wildman–Crippen LogP) is 2.61. The standard InChI is InChI=1S/C16H20N4O3/c1-9(2)23-20-15(22)13-8-12(5-6-14(13)21)19-16-17-10(3)7-11(4)18-16/h5-9,21H,1-4H3,(H,20,22)(H,17,18,19). The van der Waals surface area contributed by atoms with Crippen LogP contribution < -0.4 is 10.8 Å². The molecule has 1 aromatic carbocycles. The van der Waals surface area contributed by atoms with Crippen molar-refractivity contribution in [3.8, 4) is 5.75 Å². The van der Waals surface area contributed by atoms with Gasteiger partial charge in [0.05, 0.1) is 11.7 Å². The molecule has 1 aromatic heterocycles. The third kappa shape index (κ3) is 4.65. The second kappa shape index (κ2) is 7.06. The Labute approximate surface area is 134 Å². The number of benzene rings is 1.